The van der Waals surface area contributed by atoms with Crippen molar-refractivity contribution in [3.8, 4) is 0 Å². The SMILES string of the molecule is CCOC(=O)C1CCCN(C(C)C(=O)Nc2ccc(C(N)=O)cc2)C1. The maximum absolute atomic E-state index is 12.5. The predicted octanol–water partition coefficient (Wildman–Crippen LogP) is 1.39. The fourth-order valence-corrected chi connectivity index (χ4v) is 2.94. The summed E-state index contributed by atoms with van der Waals surface area (Å²) in [6.45, 7) is 5.27. The number of primary amides is 1. The van der Waals surface area contributed by atoms with Crippen LogP contribution in [0.4, 0.5) is 5.69 Å². The number of amides is 2. The molecule has 3 N–H and O–H groups in total. The molecule has 1 aliphatic rings. The van der Waals surface area contributed by atoms with Crippen LogP contribution in [0.25, 0.3) is 0 Å². The molecule has 2 atom stereocenters. The van der Waals surface area contributed by atoms with E-state index in [4.69, 9.17) is 10.5 Å². The van der Waals surface area contributed by atoms with Crippen molar-refractivity contribution in [2.75, 3.05) is 25.0 Å². The van der Waals surface area contributed by atoms with E-state index in [1.807, 2.05) is 11.8 Å². The Morgan fingerprint density at radius 2 is 2.00 bits per heavy atom. The minimum absolute atomic E-state index is 0.156. The van der Waals surface area contributed by atoms with Gasteiger partial charge in [0, 0.05) is 17.8 Å². The van der Waals surface area contributed by atoms with Gasteiger partial charge in [-0.05, 0) is 57.5 Å². The molecule has 0 radical (unpaired) electrons. The second-order valence-corrected chi connectivity index (χ2v) is 6.19. The van der Waals surface area contributed by atoms with Gasteiger partial charge in [0.1, 0.15) is 0 Å². The van der Waals surface area contributed by atoms with E-state index >= 15 is 0 Å². The molecule has 2 rings (SSSR count). The molecule has 0 bridgehead atoms. The summed E-state index contributed by atoms with van der Waals surface area (Å²) in [5.74, 6) is -1.04. The van der Waals surface area contributed by atoms with Gasteiger partial charge >= 0.3 is 5.97 Å². The Morgan fingerprint density at radius 1 is 1.32 bits per heavy atom. The largest absolute Gasteiger partial charge is 0.466 e. The highest BCUT2D eigenvalue weighted by molar-refractivity contribution is 5.96. The number of likely N-dealkylation sites (tertiary alicyclic amines) is 1. The van der Waals surface area contributed by atoms with E-state index in [0.717, 1.165) is 19.4 Å². The third kappa shape index (κ3) is 5.03. The predicted molar refractivity (Wildman–Crippen MR) is 94.0 cm³/mol. The van der Waals surface area contributed by atoms with Gasteiger partial charge in [-0.15, -0.1) is 0 Å². The first kappa shape index (κ1) is 18.9. The van der Waals surface area contributed by atoms with Crippen molar-refractivity contribution in [3.05, 3.63) is 29.8 Å². The standard InChI is InChI=1S/C18H25N3O4/c1-3-25-18(24)14-5-4-10-21(11-14)12(2)17(23)20-15-8-6-13(7-9-15)16(19)22/h6-9,12,14H,3-5,10-11H2,1-2H3,(H2,19,22)(H,20,23). The minimum atomic E-state index is -0.510. The van der Waals surface area contributed by atoms with Crippen LogP contribution in [0.15, 0.2) is 24.3 Å². The lowest BCUT2D eigenvalue weighted by atomic mass is 9.97. The number of rotatable bonds is 6. The van der Waals surface area contributed by atoms with Crippen LogP contribution in [0.2, 0.25) is 0 Å². The first-order valence-electron chi connectivity index (χ1n) is 8.53. The number of carbonyl (C=O) groups excluding carboxylic acids is 3. The first-order valence-corrected chi connectivity index (χ1v) is 8.53. The third-order valence-electron chi connectivity index (χ3n) is 4.44. The van der Waals surface area contributed by atoms with Gasteiger partial charge in [-0.3, -0.25) is 19.3 Å². The van der Waals surface area contributed by atoms with Crippen molar-refractivity contribution in [2.45, 2.75) is 32.7 Å². The molecule has 0 aromatic heterocycles. The third-order valence-corrected chi connectivity index (χ3v) is 4.44. The fourth-order valence-electron chi connectivity index (χ4n) is 2.94. The molecule has 1 fully saturated rings. The fraction of sp³-hybridized carbons (Fsp3) is 0.500. The molecule has 1 aromatic carbocycles. The summed E-state index contributed by atoms with van der Waals surface area (Å²) < 4.78 is 5.09. The molecule has 7 heteroatoms. The molecule has 1 aromatic rings. The summed E-state index contributed by atoms with van der Waals surface area (Å²) in [5.41, 5.74) is 6.19. The maximum Gasteiger partial charge on any atom is 0.310 e. The Hall–Kier alpha value is -2.41. The van der Waals surface area contributed by atoms with Crippen molar-refractivity contribution in [2.24, 2.45) is 11.7 Å². The van der Waals surface area contributed by atoms with Crippen LogP contribution in [-0.2, 0) is 14.3 Å². The van der Waals surface area contributed by atoms with E-state index in [0.29, 0.717) is 24.4 Å². The van der Waals surface area contributed by atoms with Crippen molar-refractivity contribution < 1.29 is 19.1 Å². The number of piperidine rings is 1. The van der Waals surface area contributed by atoms with Gasteiger partial charge in [0.2, 0.25) is 11.8 Å². The number of nitrogens with one attached hydrogen (secondary N) is 1. The quantitative estimate of drug-likeness (QED) is 0.757. The highest BCUT2D eigenvalue weighted by Gasteiger charge is 2.31. The molecule has 0 aliphatic carbocycles. The molecule has 136 valence electrons. The normalized spacial score (nSPS) is 19.0. The van der Waals surface area contributed by atoms with E-state index in [2.05, 4.69) is 5.32 Å². The highest BCUT2D eigenvalue weighted by atomic mass is 16.5. The lowest BCUT2D eigenvalue weighted by Crippen LogP contribution is -2.48. The van der Waals surface area contributed by atoms with Crippen molar-refractivity contribution in [3.63, 3.8) is 0 Å². The van der Waals surface area contributed by atoms with Crippen LogP contribution in [0.5, 0.6) is 0 Å². The molecule has 1 saturated heterocycles. The maximum atomic E-state index is 12.5. The summed E-state index contributed by atoms with van der Waals surface area (Å²) in [5, 5.41) is 2.83. The molecular weight excluding hydrogens is 322 g/mol. The smallest absolute Gasteiger partial charge is 0.310 e. The summed E-state index contributed by atoms with van der Waals surface area (Å²) in [4.78, 5) is 37.5. The number of ether oxygens (including phenoxy) is 1. The zero-order chi connectivity index (χ0) is 18.4. The molecular formula is C18H25N3O4. The number of nitrogens with two attached hydrogens (primary N) is 1. The van der Waals surface area contributed by atoms with E-state index in [1.165, 1.54) is 0 Å². The lowest BCUT2D eigenvalue weighted by molar-refractivity contribution is -0.150. The van der Waals surface area contributed by atoms with E-state index in [-0.39, 0.29) is 23.8 Å². The van der Waals surface area contributed by atoms with Gasteiger partial charge in [0.05, 0.1) is 18.6 Å². The molecule has 0 saturated carbocycles. The second-order valence-electron chi connectivity index (χ2n) is 6.19. The Kier molecular flexibility index (Phi) is 6.52. The summed E-state index contributed by atoms with van der Waals surface area (Å²) >= 11 is 0. The van der Waals surface area contributed by atoms with Gasteiger partial charge in [0.15, 0.2) is 0 Å². The van der Waals surface area contributed by atoms with Crippen LogP contribution in [0, 0.1) is 5.92 Å². The van der Waals surface area contributed by atoms with Crippen molar-refractivity contribution in [1.82, 2.24) is 4.90 Å². The Balaban J connectivity index is 1.94. The average Bonchev–Trinajstić information content (AvgIpc) is 2.61. The van der Waals surface area contributed by atoms with Gasteiger partial charge < -0.3 is 15.8 Å². The van der Waals surface area contributed by atoms with Gasteiger partial charge in [0.25, 0.3) is 0 Å². The molecule has 1 heterocycles. The highest BCUT2D eigenvalue weighted by Crippen LogP contribution is 2.20. The number of carbonyl (C=O) groups is 3. The van der Waals surface area contributed by atoms with Crippen LogP contribution >= 0.6 is 0 Å². The van der Waals surface area contributed by atoms with E-state index in [1.54, 1.807) is 31.2 Å². The summed E-state index contributed by atoms with van der Waals surface area (Å²) in [7, 11) is 0. The lowest BCUT2D eigenvalue weighted by Gasteiger charge is -2.35. The molecule has 0 spiro atoms. The van der Waals surface area contributed by atoms with Crippen molar-refractivity contribution in [1.29, 1.82) is 0 Å². The number of hydrogen-bond donors (Lipinski definition) is 2. The summed E-state index contributed by atoms with van der Waals surface area (Å²) in [6, 6.07) is 6.05. The average molecular weight is 347 g/mol. The number of hydrogen-bond acceptors (Lipinski definition) is 5. The monoisotopic (exact) mass is 347 g/mol. The number of nitrogens with zero attached hydrogens (tertiary/aromatic N) is 1. The number of anilines is 1. The van der Waals surface area contributed by atoms with Crippen LogP contribution in [0.1, 0.15) is 37.0 Å². The minimum Gasteiger partial charge on any atom is -0.466 e. The zero-order valence-electron chi connectivity index (χ0n) is 14.7. The summed E-state index contributed by atoms with van der Waals surface area (Å²) in [6.07, 6.45) is 1.65. The molecule has 2 unspecified atom stereocenters. The van der Waals surface area contributed by atoms with Crippen LogP contribution in [0.3, 0.4) is 0 Å². The Morgan fingerprint density at radius 3 is 2.60 bits per heavy atom. The number of benzene rings is 1. The second kappa shape index (κ2) is 8.62. The van der Waals surface area contributed by atoms with Gasteiger partial charge in [-0.25, -0.2) is 0 Å². The van der Waals surface area contributed by atoms with E-state index < -0.39 is 5.91 Å². The molecule has 1 aliphatic heterocycles. The van der Waals surface area contributed by atoms with Gasteiger partial charge in [-0.1, -0.05) is 0 Å². The van der Waals surface area contributed by atoms with Crippen LogP contribution in [-0.4, -0.2) is 48.4 Å². The van der Waals surface area contributed by atoms with E-state index in [9.17, 15) is 14.4 Å². The van der Waals surface area contributed by atoms with Crippen molar-refractivity contribution >= 4 is 23.5 Å². The zero-order valence-corrected chi connectivity index (χ0v) is 14.7. The Labute approximate surface area is 147 Å². The Bertz CT molecular complexity index is 630. The molecule has 25 heavy (non-hydrogen) atoms. The first-order chi connectivity index (χ1) is 11.9. The topological polar surface area (TPSA) is 102 Å². The van der Waals surface area contributed by atoms with Gasteiger partial charge in [-0.2, -0.15) is 0 Å². The number of esters is 1. The molecule has 7 nitrogen and oxygen atoms in total. The van der Waals surface area contributed by atoms with Crippen LogP contribution < -0.4 is 11.1 Å². The molecule has 2 amide bonds.